The highest BCUT2D eigenvalue weighted by atomic mass is 16.2. The van der Waals surface area contributed by atoms with Crippen LogP contribution in [0, 0.1) is 0 Å². The number of aromatic nitrogens is 2. The highest BCUT2D eigenvalue weighted by Crippen LogP contribution is 2.28. The number of hydrogen-bond donors (Lipinski definition) is 1. The second kappa shape index (κ2) is 7.73. The molecular formula is C20H25N5O2. The van der Waals surface area contributed by atoms with Gasteiger partial charge in [-0.15, -0.1) is 0 Å². The lowest BCUT2D eigenvalue weighted by atomic mass is 10.0. The lowest BCUT2D eigenvalue weighted by molar-refractivity contribution is -0.146. The lowest BCUT2D eigenvalue weighted by Crippen LogP contribution is -2.47. The lowest BCUT2D eigenvalue weighted by Gasteiger charge is -2.30. The Morgan fingerprint density at radius 1 is 1.15 bits per heavy atom. The van der Waals surface area contributed by atoms with Crippen LogP contribution >= 0.6 is 0 Å². The van der Waals surface area contributed by atoms with Gasteiger partial charge in [0.1, 0.15) is 5.82 Å². The Balaban J connectivity index is 1.94. The maximum atomic E-state index is 12.5. The minimum Gasteiger partial charge on any atom is -0.362 e. The molecule has 0 saturated heterocycles. The molecule has 2 aromatic rings. The van der Waals surface area contributed by atoms with Crippen molar-refractivity contribution in [1.82, 2.24) is 20.2 Å². The van der Waals surface area contributed by atoms with Crippen LogP contribution in [0.2, 0.25) is 0 Å². The van der Waals surface area contributed by atoms with Gasteiger partial charge in [-0.3, -0.25) is 9.59 Å². The normalized spacial score (nSPS) is 13.3. The van der Waals surface area contributed by atoms with Gasteiger partial charge in [0.2, 0.25) is 0 Å². The van der Waals surface area contributed by atoms with E-state index in [1.807, 2.05) is 63.2 Å². The van der Waals surface area contributed by atoms with Crippen molar-refractivity contribution in [3.05, 3.63) is 41.6 Å². The molecule has 7 heteroatoms. The average Bonchev–Trinajstić information content (AvgIpc) is 2.66. The summed E-state index contributed by atoms with van der Waals surface area (Å²) in [5.41, 5.74) is 2.75. The molecule has 2 amide bonds. The number of carbonyl (C=O) groups excluding carboxylic acids is 2. The van der Waals surface area contributed by atoms with E-state index in [0.717, 1.165) is 22.6 Å². The van der Waals surface area contributed by atoms with Gasteiger partial charge in [0.25, 0.3) is 0 Å². The molecule has 1 aliphatic heterocycles. The minimum atomic E-state index is -0.571. The van der Waals surface area contributed by atoms with Crippen LogP contribution in [0.15, 0.2) is 30.3 Å². The molecule has 0 unspecified atom stereocenters. The average molecular weight is 367 g/mol. The summed E-state index contributed by atoms with van der Waals surface area (Å²) in [5, 5.41) is 2.66. The molecule has 0 aliphatic carbocycles. The summed E-state index contributed by atoms with van der Waals surface area (Å²) >= 11 is 0. The van der Waals surface area contributed by atoms with E-state index in [-0.39, 0.29) is 6.04 Å². The van der Waals surface area contributed by atoms with E-state index < -0.39 is 11.8 Å². The van der Waals surface area contributed by atoms with Gasteiger partial charge in [-0.1, -0.05) is 30.3 Å². The molecule has 27 heavy (non-hydrogen) atoms. The van der Waals surface area contributed by atoms with Crippen LogP contribution in [0.4, 0.5) is 5.82 Å². The third kappa shape index (κ3) is 4.07. The summed E-state index contributed by atoms with van der Waals surface area (Å²) in [6.45, 7) is 4.45. The van der Waals surface area contributed by atoms with E-state index in [2.05, 4.69) is 5.32 Å². The number of anilines is 1. The van der Waals surface area contributed by atoms with Gasteiger partial charge in [0, 0.05) is 37.8 Å². The first-order valence-electron chi connectivity index (χ1n) is 9.09. The summed E-state index contributed by atoms with van der Waals surface area (Å²) in [5.74, 6) is 0.399. The zero-order valence-electron chi connectivity index (χ0n) is 16.2. The Labute approximate surface area is 159 Å². The maximum absolute atomic E-state index is 12.5. The highest BCUT2D eigenvalue weighted by molar-refractivity contribution is 6.35. The van der Waals surface area contributed by atoms with E-state index >= 15 is 0 Å². The molecule has 0 fully saturated rings. The summed E-state index contributed by atoms with van der Waals surface area (Å²) in [6, 6.07) is 9.68. The van der Waals surface area contributed by atoms with Crippen molar-refractivity contribution >= 4 is 17.6 Å². The quantitative estimate of drug-likeness (QED) is 0.834. The molecule has 0 atom stereocenters. The Kier molecular flexibility index (Phi) is 5.39. The van der Waals surface area contributed by atoms with Crippen molar-refractivity contribution in [2.75, 3.05) is 25.5 Å². The number of rotatable bonds is 3. The monoisotopic (exact) mass is 367 g/mol. The zero-order valence-corrected chi connectivity index (χ0v) is 16.2. The summed E-state index contributed by atoms with van der Waals surface area (Å²) in [7, 11) is 3.90. The van der Waals surface area contributed by atoms with Crippen molar-refractivity contribution in [2.45, 2.75) is 32.9 Å². The number of benzene rings is 1. The fourth-order valence-electron chi connectivity index (χ4n) is 3.14. The second-order valence-corrected chi connectivity index (χ2v) is 7.16. The summed E-state index contributed by atoms with van der Waals surface area (Å²) < 4.78 is 0. The second-order valence-electron chi connectivity index (χ2n) is 7.16. The van der Waals surface area contributed by atoms with Crippen molar-refractivity contribution in [1.29, 1.82) is 0 Å². The standard InChI is InChI=1S/C20H25N5O2/c1-13(2)21-19(26)20(27)25-11-10-15-16(12-25)22-17(23-18(15)24(3)4)14-8-6-5-7-9-14/h5-9,13H,10-12H2,1-4H3,(H,21,26). The van der Waals surface area contributed by atoms with Crippen LogP contribution in [-0.2, 0) is 22.6 Å². The fraction of sp³-hybridized carbons (Fsp3) is 0.400. The van der Waals surface area contributed by atoms with Crippen LogP contribution in [0.25, 0.3) is 11.4 Å². The minimum absolute atomic E-state index is 0.0779. The molecule has 3 rings (SSSR count). The van der Waals surface area contributed by atoms with Gasteiger partial charge in [0.05, 0.1) is 12.2 Å². The smallest absolute Gasteiger partial charge is 0.312 e. The molecule has 1 aromatic heterocycles. The van der Waals surface area contributed by atoms with E-state index in [9.17, 15) is 9.59 Å². The number of nitrogens with zero attached hydrogens (tertiary/aromatic N) is 4. The first-order chi connectivity index (χ1) is 12.9. The largest absolute Gasteiger partial charge is 0.362 e. The topological polar surface area (TPSA) is 78.4 Å². The predicted octanol–water partition coefficient (Wildman–Crippen LogP) is 1.62. The zero-order chi connectivity index (χ0) is 19.6. The molecule has 0 saturated carbocycles. The van der Waals surface area contributed by atoms with E-state index in [0.29, 0.717) is 25.3 Å². The summed E-state index contributed by atoms with van der Waals surface area (Å²) in [4.78, 5) is 37.5. The molecule has 0 spiro atoms. The van der Waals surface area contributed by atoms with Crippen LogP contribution < -0.4 is 10.2 Å². The molecular weight excluding hydrogens is 342 g/mol. The van der Waals surface area contributed by atoms with E-state index in [4.69, 9.17) is 9.97 Å². The SMILES string of the molecule is CC(C)NC(=O)C(=O)N1CCc2c(nc(-c3ccccc3)nc2N(C)C)C1. The molecule has 1 N–H and O–H groups in total. The molecule has 2 heterocycles. The van der Waals surface area contributed by atoms with E-state index in [1.165, 1.54) is 0 Å². The third-order valence-electron chi connectivity index (χ3n) is 4.40. The third-order valence-corrected chi connectivity index (χ3v) is 4.40. The molecule has 7 nitrogen and oxygen atoms in total. The molecule has 1 aliphatic rings. The molecule has 0 radical (unpaired) electrons. The van der Waals surface area contributed by atoms with Crippen molar-refractivity contribution in [2.24, 2.45) is 0 Å². The van der Waals surface area contributed by atoms with Crippen molar-refractivity contribution < 1.29 is 9.59 Å². The Morgan fingerprint density at radius 3 is 2.48 bits per heavy atom. The number of carbonyl (C=O) groups is 2. The first kappa shape index (κ1) is 18.8. The van der Waals surface area contributed by atoms with Crippen LogP contribution in [0.1, 0.15) is 25.1 Å². The van der Waals surface area contributed by atoms with Gasteiger partial charge in [-0.05, 0) is 20.3 Å². The van der Waals surface area contributed by atoms with E-state index in [1.54, 1.807) is 4.90 Å². The molecule has 0 bridgehead atoms. The van der Waals surface area contributed by atoms with Crippen molar-refractivity contribution in [3.63, 3.8) is 0 Å². The predicted molar refractivity (Wildman–Crippen MR) is 104 cm³/mol. The number of hydrogen-bond acceptors (Lipinski definition) is 5. The Hall–Kier alpha value is -2.96. The number of amides is 2. The summed E-state index contributed by atoms with van der Waals surface area (Å²) in [6.07, 6.45) is 0.624. The van der Waals surface area contributed by atoms with Gasteiger partial charge < -0.3 is 15.1 Å². The fourth-order valence-corrected chi connectivity index (χ4v) is 3.14. The van der Waals surface area contributed by atoms with Gasteiger partial charge in [-0.25, -0.2) is 9.97 Å². The Morgan fingerprint density at radius 2 is 1.85 bits per heavy atom. The van der Waals surface area contributed by atoms with Gasteiger partial charge >= 0.3 is 11.8 Å². The molecule has 142 valence electrons. The first-order valence-corrected chi connectivity index (χ1v) is 9.09. The van der Waals surface area contributed by atoms with Gasteiger partial charge in [0.15, 0.2) is 5.82 Å². The Bertz CT molecular complexity index is 849. The van der Waals surface area contributed by atoms with Crippen LogP contribution in [-0.4, -0.2) is 53.4 Å². The maximum Gasteiger partial charge on any atom is 0.312 e. The van der Waals surface area contributed by atoms with Crippen LogP contribution in [0.5, 0.6) is 0 Å². The van der Waals surface area contributed by atoms with Gasteiger partial charge in [-0.2, -0.15) is 0 Å². The molecule has 1 aromatic carbocycles. The van der Waals surface area contributed by atoms with Crippen LogP contribution in [0.3, 0.4) is 0 Å². The van der Waals surface area contributed by atoms with Crippen molar-refractivity contribution in [3.8, 4) is 11.4 Å². The number of nitrogens with one attached hydrogen (secondary N) is 1. The number of fused-ring (bicyclic) bond motifs is 1. The highest BCUT2D eigenvalue weighted by Gasteiger charge is 2.29.